The summed E-state index contributed by atoms with van der Waals surface area (Å²) < 4.78 is 42.9. The van der Waals surface area contributed by atoms with E-state index in [0.29, 0.717) is 54.8 Å². The van der Waals surface area contributed by atoms with Crippen molar-refractivity contribution in [2.45, 2.75) is 49.1 Å². The summed E-state index contributed by atoms with van der Waals surface area (Å²) in [7, 11) is -1.67. The summed E-state index contributed by atoms with van der Waals surface area (Å²) in [5.74, 6) is -0.640. The zero-order valence-electron chi connectivity index (χ0n) is 21.1. The van der Waals surface area contributed by atoms with E-state index >= 15 is 4.39 Å². The topological polar surface area (TPSA) is 93.5 Å². The molecule has 2 bridgehead atoms. The molecule has 3 aliphatic rings. The van der Waals surface area contributed by atoms with Crippen LogP contribution in [0, 0.1) is 29.0 Å². The lowest BCUT2D eigenvalue weighted by atomic mass is 9.88. The smallest absolute Gasteiger partial charge is 0.243 e. The normalized spacial score (nSPS) is 25.2. The van der Waals surface area contributed by atoms with Crippen LogP contribution in [0.5, 0.6) is 0 Å². The SMILES string of the molecule is CN1CCN(S(=O)(=O)c2cccc(-c3ccc(C[C@@H](C#N)CC(=O)[C@H]4N[C@@H]5CC[C@H]4C5)c(F)c3)c2)CC1. The van der Waals surface area contributed by atoms with Crippen LogP contribution in [-0.2, 0) is 21.2 Å². The number of likely N-dealkylation sites (N-methyl/N-ethyl adjacent to an activating group) is 1. The fourth-order valence-corrected chi connectivity index (χ4v) is 7.39. The number of nitriles is 1. The monoisotopic (exact) mass is 524 g/mol. The molecular weight excluding hydrogens is 491 g/mol. The van der Waals surface area contributed by atoms with Gasteiger partial charge in [-0.05, 0) is 73.5 Å². The van der Waals surface area contributed by atoms with E-state index in [1.165, 1.54) is 10.4 Å². The van der Waals surface area contributed by atoms with Crippen molar-refractivity contribution >= 4 is 15.8 Å². The highest BCUT2D eigenvalue weighted by Crippen LogP contribution is 2.36. The number of carbonyl (C=O) groups is 1. The zero-order chi connectivity index (χ0) is 26.2. The van der Waals surface area contributed by atoms with Gasteiger partial charge in [0.05, 0.1) is 22.9 Å². The molecule has 0 amide bonds. The number of piperazine rings is 1. The number of hydrogen-bond acceptors (Lipinski definition) is 6. The molecular formula is C28H33FN4O3S. The zero-order valence-corrected chi connectivity index (χ0v) is 21.9. The molecule has 9 heteroatoms. The van der Waals surface area contributed by atoms with Crippen molar-refractivity contribution in [2.75, 3.05) is 33.2 Å². The van der Waals surface area contributed by atoms with Crippen molar-refractivity contribution in [3.8, 4) is 17.2 Å². The Kier molecular flexibility index (Phi) is 7.46. The van der Waals surface area contributed by atoms with Crippen LogP contribution in [0.3, 0.4) is 0 Å². The number of carbonyl (C=O) groups excluding carboxylic acids is 1. The molecule has 37 heavy (non-hydrogen) atoms. The van der Waals surface area contributed by atoms with Gasteiger partial charge in [-0.15, -0.1) is 0 Å². The van der Waals surface area contributed by atoms with Gasteiger partial charge in [0.15, 0.2) is 5.78 Å². The lowest BCUT2D eigenvalue weighted by Gasteiger charge is -2.31. The first-order valence-corrected chi connectivity index (χ1v) is 14.4. The van der Waals surface area contributed by atoms with Crippen LogP contribution >= 0.6 is 0 Å². The highest BCUT2D eigenvalue weighted by molar-refractivity contribution is 7.89. The lowest BCUT2D eigenvalue weighted by Crippen LogP contribution is -2.47. The Balaban J connectivity index is 1.28. The molecule has 0 aromatic heterocycles. The minimum absolute atomic E-state index is 0.0501. The first kappa shape index (κ1) is 26.0. The maximum absolute atomic E-state index is 15.1. The molecule has 0 radical (unpaired) electrons. The molecule has 2 heterocycles. The molecule has 2 aromatic carbocycles. The average molecular weight is 525 g/mol. The van der Waals surface area contributed by atoms with E-state index in [-0.39, 0.29) is 29.6 Å². The van der Waals surface area contributed by atoms with E-state index in [0.717, 1.165) is 19.3 Å². The second-order valence-electron chi connectivity index (χ2n) is 10.7. The number of rotatable bonds is 8. The Morgan fingerprint density at radius 1 is 1.14 bits per heavy atom. The maximum atomic E-state index is 15.1. The third kappa shape index (κ3) is 5.48. The Bertz CT molecular complexity index is 1320. The number of Topliss-reactive ketones (excluding diaryl/α,β-unsaturated/α-hetero) is 1. The van der Waals surface area contributed by atoms with Crippen LogP contribution in [0.4, 0.5) is 4.39 Å². The van der Waals surface area contributed by atoms with Gasteiger partial charge in [-0.2, -0.15) is 9.57 Å². The van der Waals surface area contributed by atoms with E-state index in [1.807, 2.05) is 7.05 Å². The summed E-state index contributed by atoms with van der Waals surface area (Å²) >= 11 is 0. The molecule has 1 saturated carbocycles. The molecule has 196 valence electrons. The van der Waals surface area contributed by atoms with E-state index in [4.69, 9.17) is 0 Å². The standard InChI is InChI=1S/C28H33FN4O3S/c1-32-9-11-33(12-10-32)37(35,36)25-4-2-3-20(16-25)21-5-6-22(26(29)17-21)13-19(18-30)14-27(34)28-23-7-8-24(15-23)31-28/h2-6,16-17,19,23-24,28,31H,7-15H2,1H3/t19-,23+,24-,28+/m1/s1. The molecule has 7 nitrogen and oxygen atoms in total. The number of nitrogens with zero attached hydrogens (tertiary/aromatic N) is 3. The Morgan fingerprint density at radius 3 is 2.54 bits per heavy atom. The van der Waals surface area contributed by atoms with Gasteiger partial charge >= 0.3 is 0 Å². The number of fused-ring (bicyclic) bond motifs is 2. The van der Waals surface area contributed by atoms with Crippen molar-refractivity contribution < 1.29 is 17.6 Å². The number of sulfonamides is 1. The van der Waals surface area contributed by atoms with Crippen LogP contribution in [-0.4, -0.2) is 68.7 Å². The third-order valence-corrected chi connectivity index (χ3v) is 10.0. The predicted molar refractivity (Wildman–Crippen MR) is 139 cm³/mol. The number of piperidine rings is 1. The Labute approximate surface area is 218 Å². The number of benzene rings is 2. The van der Waals surface area contributed by atoms with Crippen LogP contribution in [0.2, 0.25) is 0 Å². The number of halogens is 1. The lowest BCUT2D eigenvalue weighted by molar-refractivity contribution is -0.122. The van der Waals surface area contributed by atoms with Crippen LogP contribution in [0.1, 0.15) is 31.2 Å². The molecule has 1 N–H and O–H groups in total. The largest absolute Gasteiger partial charge is 0.304 e. The Morgan fingerprint density at radius 2 is 1.89 bits per heavy atom. The maximum Gasteiger partial charge on any atom is 0.243 e. The van der Waals surface area contributed by atoms with Gasteiger partial charge < -0.3 is 10.2 Å². The third-order valence-electron chi connectivity index (χ3n) is 8.12. The molecule has 3 fully saturated rings. The van der Waals surface area contributed by atoms with Crippen LogP contribution in [0.25, 0.3) is 11.1 Å². The number of hydrogen-bond donors (Lipinski definition) is 1. The van der Waals surface area contributed by atoms with Gasteiger partial charge in [0.25, 0.3) is 0 Å². The van der Waals surface area contributed by atoms with E-state index in [2.05, 4.69) is 16.3 Å². The summed E-state index contributed by atoms with van der Waals surface area (Å²) in [4.78, 5) is 15.1. The van der Waals surface area contributed by atoms with Crippen molar-refractivity contribution in [1.82, 2.24) is 14.5 Å². The summed E-state index contributed by atoms with van der Waals surface area (Å²) in [6.07, 6.45) is 3.47. The summed E-state index contributed by atoms with van der Waals surface area (Å²) in [5, 5.41) is 13.0. The minimum Gasteiger partial charge on any atom is -0.304 e. The highest BCUT2D eigenvalue weighted by atomic mass is 32.2. The summed E-state index contributed by atoms with van der Waals surface area (Å²) in [6.45, 7) is 2.23. The molecule has 0 spiro atoms. The van der Waals surface area contributed by atoms with Gasteiger partial charge in [0.2, 0.25) is 10.0 Å². The molecule has 5 rings (SSSR count). The quantitative estimate of drug-likeness (QED) is 0.570. The Hall–Kier alpha value is -2.64. The molecule has 4 atom stereocenters. The van der Waals surface area contributed by atoms with Crippen LogP contribution in [0.15, 0.2) is 47.4 Å². The second-order valence-corrected chi connectivity index (χ2v) is 12.6. The average Bonchev–Trinajstić information content (AvgIpc) is 3.54. The van der Waals surface area contributed by atoms with Gasteiger partial charge in [0.1, 0.15) is 5.82 Å². The number of ketones is 1. The summed E-state index contributed by atoms with van der Waals surface area (Å²) in [5.41, 5.74) is 1.55. The number of nitrogens with one attached hydrogen (secondary N) is 1. The molecule has 1 aliphatic carbocycles. The fraction of sp³-hybridized carbons (Fsp3) is 0.500. The van der Waals surface area contributed by atoms with Crippen molar-refractivity contribution in [3.63, 3.8) is 0 Å². The van der Waals surface area contributed by atoms with E-state index in [9.17, 15) is 18.5 Å². The van der Waals surface area contributed by atoms with Gasteiger partial charge in [-0.25, -0.2) is 12.8 Å². The molecule has 0 unspecified atom stereocenters. The fourth-order valence-electron chi connectivity index (χ4n) is 5.92. The summed E-state index contributed by atoms with van der Waals surface area (Å²) in [6, 6.07) is 13.8. The van der Waals surface area contributed by atoms with Gasteiger partial charge in [-0.3, -0.25) is 4.79 Å². The second kappa shape index (κ2) is 10.6. The van der Waals surface area contributed by atoms with Crippen molar-refractivity contribution in [1.29, 1.82) is 5.26 Å². The highest BCUT2D eigenvalue weighted by Gasteiger charge is 2.42. The van der Waals surface area contributed by atoms with Gasteiger partial charge in [-0.1, -0.05) is 24.3 Å². The van der Waals surface area contributed by atoms with Crippen molar-refractivity contribution in [2.24, 2.45) is 11.8 Å². The van der Waals surface area contributed by atoms with Crippen molar-refractivity contribution in [3.05, 3.63) is 53.8 Å². The predicted octanol–water partition coefficient (Wildman–Crippen LogP) is 3.21. The molecule has 2 aliphatic heterocycles. The van der Waals surface area contributed by atoms with E-state index in [1.54, 1.807) is 36.4 Å². The van der Waals surface area contributed by atoms with Crippen LogP contribution < -0.4 is 5.32 Å². The van der Waals surface area contributed by atoms with E-state index < -0.39 is 21.8 Å². The first-order valence-electron chi connectivity index (χ1n) is 13.0. The van der Waals surface area contributed by atoms with Gasteiger partial charge in [0, 0.05) is 38.6 Å². The minimum atomic E-state index is -3.64. The first-order chi connectivity index (χ1) is 17.7. The molecule has 2 aromatic rings. The molecule has 2 saturated heterocycles.